The summed E-state index contributed by atoms with van der Waals surface area (Å²) in [5.74, 6) is -1.23. The first-order valence-corrected chi connectivity index (χ1v) is 4.01. The fourth-order valence-corrected chi connectivity index (χ4v) is 1.02. The SMILES string of the molecule is COC(=O)c1cccc(C(=O)OCl)c1. The second kappa shape index (κ2) is 4.62. The van der Waals surface area contributed by atoms with Crippen LogP contribution in [-0.4, -0.2) is 19.0 Å². The third-order valence-corrected chi connectivity index (χ3v) is 1.73. The van der Waals surface area contributed by atoms with E-state index >= 15 is 0 Å². The Hall–Kier alpha value is -1.55. The molecule has 0 heterocycles. The summed E-state index contributed by atoms with van der Waals surface area (Å²) in [6, 6.07) is 5.89. The van der Waals surface area contributed by atoms with Crippen molar-refractivity contribution in [1.82, 2.24) is 0 Å². The van der Waals surface area contributed by atoms with E-state index in [1.54, 1.807) is 0 Å². The van der Waals surface area contributed by atoms with Gasteiger partial charge in [-0.1, -0.05) is 6.07 Å². The van der Waals surface area contributed by atoms with Crippen LogP contribution < -0.4 is 0 Å². The van der Waals surface area contributed by atoms with Crippen LogP contribution in [0.25, 0.3) is 0 Å². The predicted octanol–water partition coefficient (Wildman–Crippen LogP) is 1.78. The average molecular weight is 215 g/mol. The van der Waals surface area contributed by atoms with Gasteiger partial charge in [-0.25, -0.2) is 9.59 Å². The fourth-order valence-electron chi connectivity index (χ4n) is 0.936. The molecular weight excluding hydrogens is 208 g/mol. The van der Waals surface area contributed by atoms with Crippen molar-refractivity contribution in [3.8, 4) is 0 Å². The highest BCUT2D eigenvalue weighted by Gasteiger charge is 2.10. The molecule has 0 amide bonds. The van der Waals surface area contributed by atoms with Crippen LogP contribution in [0.4, 0.5) is 0 Å². The Labute approximate surface area is 85.6 Å². The zero-order valence-corrected chi connectivity index (χ0v) is 8.08. The molecule has 74 valence electrons. The number of carbonyl (C=O) groups is 2. The second-order valence-electron chi connectivity index (χ2n) is 2.44. The standard InChI is InChI=1S/C9H7ClO4/c1-13-8(11)6-3-2-4-7(5-6)9(12)14-10/h2-5H,1H3. The highest BCUT2D eigenvalue weighted by Crippen LogP contribution is 2.08. The first kappa shape index (κ1) is 10.5. The Morgan fingerprint density at radius 1 is 1.21 bits per heavy atom. The zero-order valence-electron chi connectivity index (χ0n) is 7.32. The number of hydrogen-bond donors (Lipinski definition) is 0. The molecule has 0 atom stereocenters. The molecule has 0 saturated carbocycles. The van der Waals surface area contributed by atoms with Gasteiger partial charge < -0.3 is 9.03 Å². The first-order chi connectivity index (χ1) is 6.69. The van der Waals surface area contributed by atoms with E-state index in [0.29, 0.717) is 0 Å². The molecule has 1 aromatic rings. The van der Waals surface area contributed by atoms with Crippen LogP contribution in [0.3, 0.4) is 0 Å². The van der Waals surface area contributed by atoms with Gasteiger partial charge in [0.25, 0.3) is 0 Å². The number of rotatable bonds is 2. The van der Waals surface area contributed by atoms with Crippen LogP contribution >= 0.6 is 11.9 Å². The van der Waals surface area contributed by atoms with Crippen molar-refractivity contribution in [1.29, 1.82) is 0 Å². The molecule has 0 spiro atoms. The highest BCUT2D eigenvalue weighted by molar-refractivity contribution is 6.16. The van der Waals surface area contributed by atoms with Crippen LogP contribution in [0.2, 0.25) is 0 Å². The maximum Gasteiger partial charge on any atom is 0.356 e. The van der Waals surface area contributed by atoms with Crippen LogP contribution in [0.1, 0.15) is 20.7 Å². The molecule has 5 heteroatoms. The van der Waals surface area contributed by atoms with E-state index in [4.69, 9.17) is 11.9 Å². The zero-order chi connectivity index (χ0) is 10.6. The molecule has 0 bridgehead atoms. The van der Waals surface area contributed by atoms with E-state index < -0.39 is 11.9 Å². The van der Waals surface area contributed by atoms with Crippen molar-refractivity contribution in [3.63, 3.8) is 0 Å². The molecule has 0 aliphatic rings. The lowest BCUT2D eigenvalue weighted by Gasteiger charge is -2.00. The minimum absolute atomic E-state index is 0.197. The van der Waals surface area contributed by atoms with E-state index in [0.717, 1.165) is 0 Å². The number of ether oxygens (including phenoxy) is 1. The second-order valence-corrected chi connectivity index (χ2v) is 2.59. The Kier molecular flexibility index (Phi) is 3.48. The van der Waals surface area contributed by atoms with Crippen molar-refractivity contribution < 1.29 is 18.6 Å². The topological polar surface area (TPSA) is 52.6 Å². The monoisotopic (exact) mass is 214 g/mol. The van der Waals surface area contributed by atoms with Crippen LogP contribution in [0, 0.1) is 0 Å². The molecule has 0 fully saturated rings. The van der Waals surface area contributed by atoms with Gasteiger partial charge in [-0.3, -0.25) is 0 Å². The normalized spacial score (nSPS) is 9.29. The number of halogens is 1. The van der Waals surface area contributed by atoms with Crippen LogP contribution in [0.5, 0.6) is 0 Å². The van der Waals surface area contributed by atoms with Gasteiger partial charge in [-0.15, -0.1) is 0 Å². The van der Waals surface area contributed by atoms with E-state index in [1.807, 2.05) is 0 Å². The molecule has 0 saturated heterocycles. The summed E-state index contributed by atoms with van der Waals surface area (Å²) in [7, 11) is 1.26. The third kappa shape index (κ3) is 2.23. The van der Waals surface area contributed by atoms with Gasteiger partial charge in [0.05, 0.1) is 18.2 Å². The van der Waals surface area contributed by atoms with Crippen molar-refractivity contribution in [2.24, 2.45) is 0 Å². The molecule has 4 nitrogen and oxygen atoms in total. The molecule has 0 radical (unpaired) electrons. The van der Waals surface area contributed by atoms with Gasteiger partial charge in [-0.2, -0.15) is 0 Å². The lowest BCUT2D eigenvalue weighted by Crippen LogP contribution is -2.04. The lowest BCUT2D eigenvalue weighted by molar-refractivity contribution is 0.0600. The first-order valence-electron chi connectivity index (χ1n) is 3.70. The number of carbonyl (C=O) groups excluding carboxylic acids is 2. The largest absolute Gasteiger partial charge is 0.465 e. The van der Waals surface area contributed by atoms with Gasteiger partial charge in [0, 0.05) is 0 Å². The Bertz CT molecular complexity index is 330. The summed E-state index contributed by atoms with van der Waals surface area (Å²) < 4.78 is 8.47. The van der Waals surface area contributed by atoms with Gasteiger partial charge in [0.15, 0.2) is 0 Å². The van der Waals surface area contributed by atoms with Crippen LogP contribution in [0.15, 0.2) is 24.3 Å². The van der Waals surface area contributed by atoms with Gasteiger partial charge in [0.2, 0.25) is 0 Å². The van der Waals surface area contributed by atoms with Crippen molar-refractivity contribution in [2.75, 3.05) is 7.11 Å². The Balaban J connectivity index is 3.01. The predicted molar refractivity (Wildman–Crippen MR) is 49.1 cm³/mol. The summed E-state index contributed by atoms with van der Waals surface area (Å²) in [5, 5.41) is 0. The summed E-state index contributed by atoms with van der Waals surface area (Å²) in [4.78, 5) is 22.0. The van der Waals surface area contributed by atoms with Gasteiger partial charge in [-0.05, 0) is 18.2 Å². The smallest absolute Gasteiger partial charge is 0.356 e. The molecule has 0 aliphatic heterocycles. The van der Waals surface area contributed by atoms with Crippen LogP contribution in [-0.2, 0) is 9.03 Å². The van der Waals surface area contributed by atoms with E-state index in [1.165, 1.54) is 31.4 Å². The number of esters is 1. The summed E-state index contributed by atoms with van der Waals surface area (Å²) >= 11 is 4.89. The minimum Gasteiger partial charge on any atom is -0.465 e. The lowest BCUT2D eigenvalue weighted by atomic mass is 10.1. The molecule has 1 rings (SSSR count). The number of benzene rings is 1. The molecule has 0 aromatic heterocycles. The van der Waals surface area contributed by atoms with Gasteiger partial charge >= 0.3 is 11.9 Å². The van der Waals surface area contributed by atoms with Gasteiger partial charge in [0.1, 0.15) is 11.9 Å². The third-order valence-electron chi connectivity index (χ3n) is 1.59. The quantitative estimate of drug-likeness (QED) is 0.705. The molecule has 14 heavy (non-hydrogen) atoms. The summed E-state index contributed by atoms with van der Waals surface area (Å²) in [5.41, 5.74) is 0.468. The molecule has 0 unspecified atom stereocenters. The molecule has 1 aromatic carbocycles. The Morgan fingerprint density at radius 3 is 2.29 bits per heavy atom. The van der Waals surface area contributed by atoms with Crippen molar-refractivity contribution in [2.45, 2.75) is 0 Å². The highest BCUT2D eigenvalue weighted by atomic mass is 35.5. The maximum atomic E-state index is 11.1. The van der Waals surface area contributed by atoms with E-state index in [2.05, 4.69) is 9.03 Å². The minimum atomic E-state index is -0.711. The molecular formula is C9H7ClO4. The number of hydrogen-bond acceptors (Lipinski definition) is 4. The summed E-state index contributed by atoms with van der Waals surface area (Å²) in [6.07, 6.45) is 0. The van der Waals surface area contributed by atoms with E-state index in [9.17, 15) is 9.59 Å². The van der Waals surface area contributed by atoms with Crippen molar-refractivity contribution >= 4 is 23.8 Å². The average Bonchev–Trinajstić information content (AvgIpc) is 2.27. The van der Waals surface area contributed by atoms with Crippen molar-refractivity contribution in [3.05, 3.63) is 35.4 Å². The maximum absolute atomic E-state index is 11.1. The summed E-state index contributed by atoms with van der Waals surface area (Å²) in [6.45, 7) is 0. The molecule has 0 N–H and O–H groups in total. The van der Waals surface area contributed by atoms with E-state index in [-0.39, 0.29) is 11.1 Å². The number of methoxy groups -OCH3 is 1. The Morgan fingerprint density at radius 2 is 1.79 bits per heavy atom. The molecule has 0 aliphatic carbocycles. The fraction of sp³-hybridized carbons (Fsp3) is 0.111.